The van der Waals surface area contributed by atoms with E-state index in [2.05, 4.69) is 54.8 Å². The molecule has 2 aliphatic rings. The van der Waals surface area contributed by atoms with Crippen molar-refractivity contribution >= 4 is 0 Å². The SMILES string of the molecule is Cc1cccc(CN2C3CC2CN(C(C)C)C3)c1. The Morgan fingerprint density at radius 1 is 1.22 bits per heavy atom. The molecule has 2 fully saturated rings. The molecule has 2 saturated heterocycles. The van der Waals surface area contributed by atoms with Gasteiger partial charge in [0.15, 0.2) is 0 Å². The van der Waals surface area contributed by atoms with Crippen LogP contribution in [-0.2, 0) is 6.54 Å². The van der Waals surface area contributed by atoms with E-state index in [4.69, 9.17) is 0 Å². The van der Waals surface area contributed by atoms with E-state index >= 15 is 0 Å². The maximum Gasteiger partial charge on any atom is 0.0245 e. The van der Waals surface area contributed by atoms with E-state index in [-0.39, 0.29) is 0 Å². The zero-order valence-electron chi connectivity index (χ0n) is 11.8. The third kappa shape index (κ3) is 2.19. The van der Waals surface area contributed by atoms with Crippen molar-refractivity contribution in [2.75, 3.05) is 13.1 Å². The maximum atomic E-state index is 2.70. The molecular formula is C16H24N2. The van der Waals surface area contributed by atoms with Gasteiger partial charge in [0.25, 0.3) is 0 Å². The molecule has 98 valence electrons. The molecule has 2 heteroatoms. The van der Waals surface area contributed by atoms with Gasteiger partial charge >= 0.3 is 0 Å². The van der Waals surface area contributed by atoms with Crippen LogP contribution in [0, 0.1) is 6.92 Å². The first-order chi connectivity index (χ1) is 8.63. The molecule has 0 radical (unpaired) electrons. The minimum atomic E-state index is 0.705. The van der Waals surface area contributed by atoms with Crippen LogP contribution >= 0.6 is 0 Å². The zero-order valence-corrected chi connectivity index (χ0v) is 11.8. The number of likely N-dealkylation sites (tertiary alicyclic amines) is 2. The van der Waals surface area contributed by atoms with E-state index < -0.39 is 0 Å². The van der Waals surface area contributed by atoms with E-state index in [1.165, 1.54) is 30.6 Å². The topological polar surface area (TPSA) is 6.48 Å². The van der Waals surface area contributed by atoms with Crippen LogP contribution in [0.2, 0.25) is 0 Å². The number of nitrogens with zero attached hydrogens (tertiary/aromatic N) is 2. The lowest BCUT2D eigenvalue weighted by Gasteiger charge is -2.57. The van der Waals surface area contributed by atoms with Crippen LogP contribution in [0.15, 0.2) is 24.3 Å². The molecule has 1 aromatic rings. The van der Waals surface area contributed by atoms with Gasteiger partial charge in [-0.2, -0.15) is 0 Å². The molecule has 2 bridgehead atoms. The molecule has 0 N–H and O–H groups in total. The van der Waals surface area contributed by atoms with Crippen molar-refractivity contribution < 1.29 is 0 Å². The number of piperazine rings is 1. The van der Waals surface area contributed by atoms with E-state index in [1.54, 1.807) is 0 Å². The molecule has 3 rings (SSSR count). The second-order valence-electron chi connectivity index (χ2n) is 6.25. The molecule has 0 amide bonds. The molecule has 2 nitrogen and oxygen atoms in total. The van der Waals surface area contributed by atoms with Crippen molar-refractivity contribution in [3.63, 3.8) is 0 Å². The molecule has 2 heterocycles. The van der Waals surface area contributed by atoms with E-state index in [1.807, 2.05) is 0 Å². The number of hydrogen-bond donors (Lipinski definition) is 0. The summed E-state index contributed by atoms with van der Waals surface area (Å²) < 4.78 is 0. The summed E-state index contributed by atoms with van der Waals surface area (Å²) in [5.74, 6) is 0. The molecular weight excluding hydrogens is 220 g/mol. The molecule has 18 heavy (non-hydrogen) atoms. The van der Waals surface area contributed by atoms with Crippen LogP contribution in [0.5, 0.6) is 0 Å². The highest BCUT2D eigenvalue weighted by atomic mass is 15.4. The first-order valence-electron chi connectivity index (χ1n) is 7.19. The predicted molar refractivity (Wildman–Crippen MR) is 75.6 cm³/mol. The minimum Gasteiger partial charge on any atom is -0.298 e. The molecule has 1 aromatic carbocycles. The zero-order chi connectivity index (χ0) is 12.7. The molecule has 2 atom stereocenters. The standard InChI is InChI=1S/C16H24N2/c1-12(2)17-10-15-8-16(11-17)18(15)9-14-6-4-5-13(3)7-14/h4-7,12,15-16H,8-11H2,1-3H3. The smallest absolute Gasteiger partial charge is 0.0245 e. The highest BCUT2D eigenvalue weighted by Crippen LogP contribution is 2.34. The van der Waals surface area contributed by atoms with E-state index in [0.717, 1.165) is 18.6 Å². The van der Waals surface area contributed by atoms with Gasteiger partial charge in [-0.1, -0.05) is 29.8 Å². The maximum absolute atomic E-state index is 2.70. The number of benzene rings is 1. The Kier molecular flexibility index (Phi) is 3.16. The molecule has 2 aliphatic heterocycles. The number of fused-ring (bicyclic) bond motifs is 2. The monoisotopic (exact) mass is 244 g/mol. The minimum absolute atomic E-state index is 0.705. The Bertz CT molecular complexity index is 415. The van der Waals surface area contributed by atoms with E-state index in [9.17, 15) is 0 Å². The fraction of sp³-hybridized carbons (Fsp3) is 0.625. The van der Waals surface area contributed by atoms with Gasteiger partial charge in [-0.15, -0.1) is 0 Å². The number of hydrogen-bond acceptors (Lipinski definition) is 2. The Hall–Kier alpha value is -0.860. The fourth-order valence-electron chi connectivity index (χ4n) is 3.42. The van der Waals surface area contributed by atoms with Gasteiger partial charge in [0.05, 0.1) is 0 Å². The number of aryl methyl sites for hydroxylation is 1. The summed E-state index contributed by atoms with van der Waals surface area (Å²) in [6, 6.07) is 11.3. The lowest BCUT2D eigenvalue weighted by Crippen LogP contribution is -2.68. The van der Waals surface area contributed by atoms with Gasteiger partial charge in [0.1, 0.15) is 0 Å². The largest absolute Gasteiger partial charge is 0.298 e. The van der Waals surface area contributed by atoms with Crippen molar-refractivity contribution in [1.29, 1.82) is 0 Å². The third-order valence-electron chi connectivity index (χ3n) is 4.55. The van der Waals surface area contributed by atoms with Gasteiger partial charge in [0.2, 0.25) is 0 Å². The Morgan fingerprint density at radius 3 is 2.56 bits per heavy atom. The van der Waals surface area contributed by atoms with Crippen molar-refractivity contribution in [2.45, 2.75) is 51.9 Å². The summed E-state index contributed by atoms with van der Waals surface area (Å²) in [7, 11) is 0. The Labute approximate surface area is 111 Å². The average Bonchev–Trinajstić information content (AvgIpc) is 2.36. The first-order valence-corrected chi connectivity index (χ1v) is 7.19. The van der Waals surface area contributed by atoms with Gasteiger partial charge in [-0.3, -0.25) is 9.80 Å². The highest BCUT2D eigenvalue weighted by Gasteiger charge is 2.44. The van der Waals surface area contributed by atoms with Crippen molar-refractivity contribution in [3.8, 4) is 0 Å². The summed E-state index contributed by atoms with van der Waals surface area (Å²) in [4.78, 5) is 5.33. The van der Waals surface area contributed by atoms with Crippen LogP contribution in [0.4, 0.5) is 0 Å². The Morgan fingerprint density at radius 2 is 1.94 bits per heavy atom. The summed E-state index contributed by atoms with van der Waals surface area (Å²) in [5, 5.41) is 0. The van der Waals surface area contributed by atoms with Gasteiger partial charge in [-0.25, -0.2) is 0 Å². The molecule has 0 spiro atoms. The number of rotatable bonds is 3. The van der Waals surface area contributed by atoms with Crippen LogP contribution < -0.4 is 0 Å². The summed E-state index contributed by atoms with van der Waals surface area (Å²) in [6.07, 6.45) is 1.41. The molecule has 0 saturated carbocycles. The summed E-state index contributed by atoms with van der Waals surface area (Å²) >= 11 is 0. The lowest BCUT2D eigenvalue weighted by molar-refractivity contribution is -0.0835. The van der Waals surface area contributed by atoms with Crippen LogP contribution in [0.25, 0.3) is 0 Å². The van der Waals surface area contributed by atoms with Crippen molar-refractivity contribution in [1.82, 2.24) is 9.80 Å². The molecule has 0 aliphatic carbocycles. The van der Waals surface area contributed by atoms with Crippen LogP contribution in [0.1, 0.15) is 31.4 Å². The third-order valence-corrected chi connectivity index (χ3v) is 4.55. The van der Waals surface area contributed by atoms with Crippen LogP contribution in [-0.4, -0.2) is 41.0 Å². The normalized spacial score (nSPS) is 28.4. The first kappa shape index (κ1) is 12.2. The van der Waals surface area contributed by atoms with Gasteiger partial charge in [0, 0.05) is 37.8 Å². The fourth-order valence-corrected chi connectivity index (χ4v) is 3.42. The second-order valence-corrected chi connectivity index (χ2v) is 6.25. The predicted octanol–water partition coefficient (Wildman–Crippen LogP) is 2.66. The quantitative estimate of drug-likeness (QED) is 0.806. The van der Waals surface area contributed by atoms with Crippen molar-refractivity contribution in [2.24, 2.45) is 0 Å². The number of piperidine rings is 1. The molecule has 2 unspecified atom stereocenters. The highest BCUT2D eigenvalue weighted by molar-refractivity contribution is 5.23. The lowest BCUT2D eigenvalue weighted by atomic mass is 9.86. The average molecular weight is 244 g/mol. The van der Waals surface area contributed by atoms with Crippen molar-refractivity contribution in [3.05, 3.63) is 35.4 Å². The van der Waals surface area contributed by atoms with Gasteiger partial charge < -0.3 is 0 Å². The summed E-state index contributed by atoms with van der Waals surface area (Å²) in [5.41, 5.74) is 2.85. The van der Waals surface area contributed by atoms with Crippen LogP contribution in [0.3, 0.4) is 0 Å². The molecule has 0 aromatic heterocycles. The Balaban J connectivity index is 1.64. The summed E-state index contributed by atoms with van der Waals surface area (Å²) in [6.45, 7) is 10.5. The second kappa shape index (κ2) is 4.67. The van der Waals surface area contributed by atoms with E-state index in [0.29, 0.717) is 6.04 Å². The van der Waals surface area contributed by atoms with Gasteiger partial charge in [-0.05, 0) is 32.8 Å².